The summed E-state index contributed by atoms with van der Waals surface area (Å²) in [5, 5.41) is 0. The minimum Gasteiger partial charge on any atom is -0.381 e. The summed E-state index contributed by atoms with van der Waals surface area (Å²) < 4.78 is 55.4. The fourth-order valence-corrected chi connectivity index (χ4v) is 3.82. The Kier molecular flexibility index (Phi) is 7.73. The third-order valence-electron chi connectivity index (χ3n) is 5.39. The van der Waals surface area contributed by atoms with Crippen molar-refractivity contribution in [3.05, 3.63) is 58.9 Å². The molecule has 2 unspecified atom stereocenters. The number of rotatable bonds is 8. The fraction of sp³-hybridized carbons (Fsp3) is 0.500. The molecule has 0 radical (unpaired) electrons. The first-order valence-electron chi connectivity index (χ1n) is 10.5. The van der Waals surface area contributed by atoms with Crippen LogP contribution in [0, 0.1) is 23.4 Å². The van der Waals surface area contributed by atoms with Gasteiger partial charge in [0.2, 0.25) is 0 Å². The van der Waals surface area contributed by atoms with Crippen LogP contribution in [0.4, 0.5) is 13.2 Å². The van der Waals surface area contributed by atoms with Crippen molar-refractivity contribution in [1.29, 1.82) is 0 Å². The maximum absolute atomic E-state index is 14.8. The van der Waals surface area contributed by atoms with Gasteiger partial charge in [-0.3, -0.25) is 0 Å². The van der Waals surface area contributed by atoms with Crippen LogP contribution in [0.15, 0.2) is 30.3 Å². The van der Waals surface area contributed by atoms with E-state index in [9.17, 15) is 13.2 Å². The van der Waals surface area contributed by atoms with Gasteiger partial charge >= 0.3 is 0 Å². The highest BCUT2D eigenvalue weighted by Crippen LogP contribution is 2.36. The second-order valence-electron chi connectivity index (χ2n) is 7.73. The smallest absolute Gasteiger partial charge is 0.167 e. The summed E-state index contributed by atoms with van der Waals surface area (Å²) in [5.74, 6) is -2.24. The fourth-order valence-electron chi connectivity index (χ4n) is 3.82. The van der Waals surface area contributed by atoms with Gasteiger partial charge in [0.25, 0.3) is 0 Å². The third kappa shape index (κ3) is 5.20. The first-order chi connectivity index (χ1) is 14.0. The van der Waals surface area contributed by atoms with E-state index in [0.29, 0.717) is 19.6 Å². The molecule has 1 heterocycles. The van der Waals surface area contributed by atoms with Crippen molar-refractivity contribution >= 4 is 0 Å². The summed E-state index contributed by atoms with van der Waals surface area (Å²) in [4.78, 5) is 0. The molecule has 1 fully saturated rings. The molecule has 1 aliphatic heterocycles. The van der Waals surface area contributed by atoms with Crippen LogP contribution in [0.1, 0.15) is 56.8 Å². The molecule has 2 aromatic rings. The summed E-state index contributed by atoms with van der Waals surface area (Å²) in [7, 11) is 0. The van der Waals surface area contributed by atoms with Crippen molar-refractivity contribution in [1.82, 2.24) is 0 Å². The highest BCUT2D eigenvalue weighted by Gasteiger charge is 2.27. The molecule has 0 amide bonds. The van der Waals surface area contributed by atoms with Gasteiger partial charge in [0.1, 0.15) is 5.82 Å². The molecule has 3 rings (SSSR count). The first kappa shape index (κ1) is 21.8. The van der Waals surface area contributed by atoms with Crippen molar-refractivity contribution in [2.45, 2.75) is 52.1 Å². The Bertz CT molecular complexity index is 814. The lowest BCUT2D eigenvalue weighted by molar-refractivity contribution is -0.0448. The van der Waals surface area contributed by atoms with Crippen molar-refractivity contribution in [3.63, 3.8) is 0 Å². The zero-order valence-corrected chi connectivity index (χ0v) is 17.1. The topological polar surface area (TPSA) is 18.5 Å². The number of halogens is 3. The lowest BCUT2D eigenvalue weighted by Crippen LogP contribution is -2.25. The Balaban J connectivity index is 1.74. The summed E-state index contributed by atoms with van der Waals surface area (Å²) in [6.45, 7) is 5.87. The lowest BCUT2D eigenvalue weighted by Gasteiger charge is -2.29. The maximum Gasteiger partial charge on any atom is 0.167 e. The Morgan fingerprint density at radius 1 is 0.966 bits per heavy atom. The zero-order valence-electron chi connectivity index (χ0n) is 17.1. The highest BCUT2D eigenvalue weighted by atomic mass is 19.2. The van der Waals surface area contributed by atoms with Crippen molar-refractivity contribution in [2.75, 3.05) is 19.8 Å². The molecule has 1 aliphatic rings. The molecule has 0 bridgehead atoms. The Hall–Kier alpha value is -1.85. The summed E-state index contributed by atoms with van der Waals surface area (Å²) in [6.07, 6.45) is 3.56. The second kappa shape index (κ2) is 10.3. The van der Waals surface area contributed by atoms with E-state index in [4.69, 9.17) is 9.47 Å². The van der Waals surface area contributed by atoms with Gasteiger partial charge in [-0.05, 0) is 37.3 Å². The normalized spacial score (nSPS) is 19.5. The van der Waals surface area contributed by atoms with Crippen LogP contribution in [0.2, 0.25) is 0 Å². The van der Waals surface area contributed by atoms with E-state index in [1.807, 2.05) is 6.92 Å². The van der Waals surface area contributed by atoms with E-state index in [-0.39, 0.29) is 22.6 Å². The standard InChI is InChI=1S/C24H29F3O2/c1-3-5-16-6-8-18(21(25)13-16)19-9-10-20(24(27)23(19)26)22-11-7-17(15-29-22)14-28-12-4-2/h6,8-10,13,17,22H,3-5,7,11-12,14-15H2,1-2H3. The van der Waals surface area contributed by atoms with Crippen LogP contribution < -0.4 is 0 Å². The molecule has 0 saturated carbocycles. The number of hydrogen-bond acceptors (Lipinski definition) is 2. The number of benzene rings is 2. The number of aryl methyl sites for hydroxylation is 1. The van der Waals surface area contributed by atoms with Crippen LogP contribution >= 0.6 is 0 Å². The average Bonchev–Trinajstić information content (AvgIpc) is 2.72. The molecule has 158 valence electrons. The minimum absolute atomic E-state index is 0.0616. The van der Waals surface area contributed by atoms with E-state index in [0.717, 1.165) is 37.9 Å². The third-order valence-corrected chi connectivity index (χ3v) is 5.39. The van der Waals surface area contributed by atoms with Gasteiger partial charge in [-0.2, -0.15) is 0 Å². The van der Waals surface area contributed by atoms with E-state index in [1.165, 1.54) is 24.3 Å². The van der Waals surface area contributed by atoms with Gasteiger partial charge in [-0.1, -0.05) is 44.5 Å². The van der Waals surface area contributed by atoms with E-state index < -0.39 is 23.6 Å². The van der Waals surface area contributed by atoms with E-state index >= 15 is 0 Å². The monoisotopic (exact) mass is 406 g/mol. The van der Waals surface area contributed by atoms with Crippen LogP contribution in [0.5, 0.6) is 0 Å². The molecule has 5 heteroatoms. The molecule has 0 spiro atoms. The van der Waals surface area contributed by atoms with Gasteiger partial charge in [0, 0.05) is 29.2 Å². The number of hydrogen-bond donors (Lipinski definition) is 0. The van der Waals surface area contributed by atoms with Crippen LogP contribution in [0.3, 0.4) is 0 Å². The molecular formula is C24H29F3O2. The highest BCUT2D eigenvalue weighted by molar-refractivity contribution is 5.66. The van der Waals surface area contributed by atoms with E-state index in [1.54, 1.807) is 6.07 Å². The molecule has 2 nitrogen and oxygen atoms in total. The predicted octanol–water partition coefficient (Wildman–Crippen LogP) is 6.62. The largest absolute Gasteiger partial charge is 0.381 e. The van der Waals surface area contributed by atoms with Gasteiger partial charge in [0.15, 0.2) is 11.6 Å². The van der Waals surface area contributed by atoms with Crippen LogP contribution in [-0.2, 0) is 15.9 Å². The summed E-state index contributed by atoms with van der Waals surface area (Å²) in [5.41, 5.74) is 1.06. The Morgan fingerprint density at radius 2 is 1.76 bits per heavy atom. The number of ether oxygens (including phenoxy) is 2. The second-order valence-corrected chi connectivity index (χ2v) is 7.73. The average molecular weight is 406 g/mol. The minimum atomic E-state index is -1.03. The zero-order chi connectivity index (χ0) is 20.8. The molecule has 1 saturated heterocycles. The van der Waals surface area contributed by atoms with Crippen molar-refractivity contribution in [2.24, 2.45) is 5.92 Å². The quantitative estimate of drug-likeness (QED) is 0.459. The van der Waals surface area contributed by atoms with Gasteiger partial charge in [-0.25, -0.2) is 13.2 Å². The molecule has 0 aromatic heterocycles. The molecular weight excluding hydrogens is 377 g/mol. The van der Waals surface area contributed by atoms with Crippen LogP contribution in [0.25, 0.3) is 11.1 Å². The van der Waals surface area contributed by atoms with Gasteiger partial charge in [0.05, 0.1) is 19.3 Å². The SMILES string of the molecule is CCCOCC1CCC(c2ccc(-c3ccc(CCC)cc3F)c(F)c2F)OC1. The lowest BCUT2D eigenvalue weighted by atomic mass is 9.93. The summed E-state index contributed by atoms with van der Waals surface area (Å²) >= 11 is 0. The van der Waals surface area contributed by atoms with Gasteiger partial charge < -0.3 is 9.47 Å². The van der Waals surface area contributed by atoms with Crippen molar-refractivity contribution in [3.8, 4) is 11.1 Å². The van der Waals surface area contributed by atoms with Crippen molar-refractivity contribution < 1.29 is 22.6 Å². The molecule has 0 aliphatic carbocycles. The Morgan fingerprint density at radius 3 is 2.41 bits per heavy atom. The molecule has 29 heavy (non-hydrogen) atoms. The van der Waals surface area contributed by atoms with E-state index in [2.05, 4.69) is 6.92 Å². The first-order valence-corrected chi connectivity index (χ1v) is 10.5. The molecule has 0 N–H and O–H groups in total. The van der Waals surface area contributed by atoms with Crippen LogP contribution in [-0.4, -0.2) is 19.8 Å². The van der Waals surface area contributed by atoms with Gasteiger partial charge in [-0.15, -0.1) is 0 Å². The molecule has 2 aromatic carbocycles. The maximum atomic E-state index is 14.8. The summed E-state index contributed by atoms with van der Waals surface area (Å²) in [6, 6.07) is 7.65. The predicted molar refractivity (Wildman–Crippen MR) is 108 cm³/mol. The Labute approximate surface area is 171 Å². The molecule has 2 atom stereocenters.